The van der Waals surface area contributed by atoms with Gasteiger partial charge in [0.1, 0.15) is 0 Å². The van der Waals surface area contributed by atoms with Gasteiger partial charge < -0.3 is 14.5 Å². The molecule has 1 aliphatic heterocycles. The van der Waals surface area contributed by atoms with Crippen molar-refractivity contribution in [3.8, 4) is 0 Å². The van der Waals surface area contributed by atoms with Crippen molar-refractivity contribution < 1.29 is 14.7 Å². The molecule has 1 aliphatic rings. The minimum atomic E-state index is -0.901. The first-order valence-electron chi connectivity index (χ1n) is 6.93. The first-order valence-corrected chi connectivity index (χ1v) is 6.93. The second kappa shape index (κ2) is 5.35. The van der Waals surface area contributed by atoms with Crippen LogP contribution in [0.5, 0.6) is 0 Å². The Labute approximate surface area is 123 Å². The van der Waals surface area contributed by atoms with Crippen molar-refractivity contribution in [2.75, 3.05) is 13.7 Å². The van der Waals surface area contributed by atoms with Crippen LogP contribution >= 0.6 is 0 Å². The maximum absolute atomic E-state index is 11.2. The molecular formula is C16H18N2O3. The number of hydroxylamine groups is 2. The Hall–Kier alpha value is -2.11. The lowest BCUT2D eigenvalue weighted by molar-refractivity contribution is -0.142. The van der Waals surface area contributed by atoms with Crippen molar-refractivity contribution in [3.05, 3.63) is 47.7 Å². The molecule has 2 aromatic rings. The predicted octanol–water partition coefficient (Wildman–Crippen LogP) is 2.45. The lowest BCUT2D eigenvalue weighted by Crippen LogP contribution is -2.30. The summed E-state index contributed by atoms with van der Waals surface area (Å²) >= 11 is 0. The number of aromatic carboxylic acids is 1. The summed E-state index contributed by atoms with van der Waals surface area (Å²) in [5.74, 6) is -0.901. The number of hydrogen-bond donors (Lipinski definition) is 1. The molecule has 0 radical (unpaired) electrons. The highest BCUT2D eigenvalue weighted by Crippen LogP contribution is 2.31. The highest BCUT2D eigenvalue weighted by molar-refractivity contribution is 5.95. The molecule has 0 amide bonds. The van der Waals surface area contributed by atoms with Gasteiger partial charge in [0, 0.05) is 36.1 Å². The van der Waals surface area contributed by atoms with Crippen LogP contribution in [0.4, 0.5) is 0 Å². The number of aromatic nitrogens is 1. The van der Waals surface area contributed by atoms with Crippen molar-refractivity contribution >= 4 is 16.9 Å². The van der Waals surface area contributed by atoms with Gasteiger partial charge in [-0.2, -0.15) is 5.06 Å². The number of carboxylic acids is 1. The zero-order chi connectivity index (χ0) is 15.0. The third-order valence-electron chi connectivity index (χ3n) is 4.04. The molecule has 110 valence electrons. The molecule has 0 spiro atoms. The van der Waals surface area contributed by atoms with E-state index in [1.807, 2.05) is 17.2 Å². The molecule has 0 aliphatic carbocycles. The number of carboxylic acid groups (broad SMARTS) is 1. The lowest BCUT2D eigenvalue weighted by Gasteiger charge is -2.25. The Kier molecular flexibility index (Phi) is 3.53. The second-order valence-electron chi connectivity index (χ2n) is 5.16. The predicted molar refractivity (Wildman–Crippen MR) is 80.2 cm³/mol. The molecular weight excluding hydrogens is 268 g/mol. The van der Waals surface area contributed by atoms with Gasteiger partial charge in [0.15, 0.2) is 0 Å². The molecule has 0 saturated heterocycles. The zero-order valence-electron chi connectivity index (χ0n) is 12.0. The summed E-state index contributed by atoms with van der Waals surface area (Å²) in [6.07, 6.45) is 2.75. The number of fused-ring (bicyclic) bond motifs is 3. The molecule has 1 aromatic heterocycles. The molecule has 0 saturated carbocycles. The Balaban J connectivity index is 2.23. The first kappa shape index (κ1) is 13.9. The summed E-state index contributed by atoms with van der Waals surface area (Å²) < 4.78 is 2.22. The fourth-order valence-corrected chi connectivity index (χ4v) is 3.05. The van der Waals surface area contributed by atoms with Crippen LogP contribution in [0.3, 0.4) is 0 Å². The summed E-state index contributed by atoms with van der Waals surface area (Å²) in [4.78, 5) is 16.5. The van der Waals surface area contributed by atoms with E-state index in [0.717, 1.165) is 36.0 Å². The van der Waals surface area contributed by atoms with Gasteiger partial charge >= 0.3 is 5.97 Å². The Morgan fingerprint density at radius 1 is 1.52 bits per heavy atom. The average Bonchev–Trinajstić information content (AvgIpc) is 2.80. The molecule has 0 bridgehead atoms. The maximum atomic E-state index is 11.2. The SMILES string of the molecule is C=CCn1c2c(c3cc(C(=O)O)ccc31)CN(OC)CC2. The van der Waals surface area contributed by atoms with Crippen LogP contribution in [0, 0.1) is 0 Å². The summed E-state index contributed by atoms with van der Waals surface area (Å²) in [6, 6.07) is 5.30. The number of hydrogen-bond acceptors (Lipinski definition) is 3. The van der Waals surface area contributed by atoms with Gasteiger partial charge in [0.2, 0.25) is 0 Å². The fourth-order valence-electron chi connectivity index (χ4n) is 3.05. The van der Waals surface area contributed by atoms with E-state index >= 15 is 0 Å². The van der Waals surface area contributed by atoms with Crippen LogP contribution in [0.25, 0.3) is 10.9 Å². The van der Waals surface area contributed by atoms with E-state index in [-0.39, 0.29) is 0 Å². The molecule has 5 heteroatoms. The Bertz CT molecular complexity index is 718. The molecule has 3 rings (SSSR count). The average molecular weight is 286 g/mol. The fraction of sp³-hybridized carbons (Fsp3) is 0.312. The normalized spacial score (nSPS) is 15.1. The van der Waals surface area contributed by atoms with Gasteiger partial charge in [0.25, 0.3) is 0 Å². The quantitative estimate of drug-likeness (QED) is 0.877. The van der Waals surface area contributed by atoms with Crippen molar-refractivity contribution in [1.29, 1.82) is 0 Å². The van der Waals surface area contributed by atoms with E-state index in [4.69, 9.17) is 4.84 Å². The minimum absolute atomic E-state index is 0.315. The van der Waals surface area contributed by atoms with Crippen LogP contribution in [0.2, 0.25) is 0 Å². The first-order chi connectivity index (χ1) is 10.2. The highest BCUT2D eigenvalue weighted by Gasteiger charge is 2.24. The van der Waals surface area contributed by atoms with Gasteiger partial charge in [-0.05, 0) is 23.8 Å². The van der Waals surface area contributed by atoms with E-state index in [1.54, 1.807) is 19.2 Å². The van der Waals surface area contributed by atoms with E-state index < -0.39 is 5.97 Å². The van der Waals surface area contributed by atoms with Crippen molar-refractivity contribution in [1.82, 2.24) is 9.63 Å². The third-order valence-corrected chi connectivity index (χ3v) is 4.04. The van der Waals surface area contributed by atoms with Gasteiger partial charge in [-0.25, -0.2) is 4.79 Å². The van der Waals surface area contributed by atoms with Gasteiger partial charge in [-0.15, -0.1) is 6.58 Å². The monoisotopic (exact) mass is 286 g/mol. The van der Waals surface area contributed by atoms with Crippen molar-refractivity contribution in [2.24, 2.45) is 0 Å². The van der Waals surface area contributed by atoms with Crippen LogP contribution in [0.1, 0.15) is 21.6 Å². The standard InChI is InChI=1S/C16H18N2O3/c1-3-7-18-14-5-4-11(16(19)20)9-12(14)13-10-17(21-2)8-6-15(13)18/h3-5,9H,1,6-8,10H2,2H3,(H,19,20). The zero-order valence-corrected chi connectivity index (χ0v) is 12.0. The number of rotatable bonds is 4. The van der Waals surface area contributed by atoms with Gasteiger partial charge in [-0.1, -0.05) is 6.08 Å². The number of nitrogens with zero attached hydrogens (tertiary/aromatic N) is 2. The summed E-state index contributed by atoms with van der Waals surface area (Å²) in [6.45, 7) is 6.06. The molecule has 2 heterocycles. The molecule has 0 unspecified atom stereocenters. The number of carbonyl (C=O) groups is 1. The summed E-state index contributed by atoms with van der Waals surface area (Å²) in [5.41, 5.74) is 3.78. The lowest BCUT2D eigenvalue weighted by atomic mass is 10.0. The second-order valence-corrected chi connectivity index (χ2v) is 5.16. The smallest absolute Gasteiger partial charge is 0.335 e. The topological polar surface area (TPSA) is 54.7 Å². The minimum Gasteiger partial charge on any atom is -0.478 e. The van der Waals surface area contributed by atoms with Gasteiger partial charge in [0.05, 0.1) is 19.2 Å². The molecule has 1 aromatic carbocycles. The highest BCUT2D eigenvalue weighted by atomic mass is 16.7. The summed E-state index contributed by atoms with van der Waals surface area (Å²) in [5, 5.41) is 12.1. The maximum Gasteiger partial charge on any atom is 0.335 e. The van der Waals surface area contributed by atoms with Crippen LogP contribution in [-0.2, 0) is 24.3 Å². The van der Waals surface area contributed by atoms with Crippen LogP contribution < -0.4 is 0 Å². The van der Waals surface area contributed by atoms with Gasteiger partial charge in [-0.3, -0.25) is 0 Å². The number of benzene rings is 1. The molecule has 1 N–H and O–H groups in total. The Morgan fingerprint density at radius 3 is 3.00 bits per heavy atom. The van der Waals surface area contributed by atoms with Crippen molar-refractivity contribution in [3.63, 3.8) is 0 Å². The molecule has 21 heavy (non-hydrogen) atoms. The largest absolute Gasteiger partial charge is 0.478 e. The molecule has 5 nitrogen and oxygen atoms in total. The third kappa shape index (κ3) is 2.24. The van der Waals surface area contributed by atoms with E-state index in [0.29, 0.717) is 12.1 Å². The summed E-state index contributed by atoms with van der Waals surface area (Å²) in [7, 11) is 1.66. The molecule has 0 atom stereocenters. The van der Waals surface area contributed by atoms with E-state index in [2.05, 4.69) is 11.1 Å². The van der Waals surface area contributed by atoms with Crippen LogP contribution in [-0.4, -0.2) is 34.4 Å². The Morgan fingerprint density at radius 2 is 2.33 bits per heavy atom. The number of allylic oxidation sites excluding steroid dienone is 1. The van der Waals surface area contributed by atoms with Crippen molar-refractivity contribution in [2.45, 2.75) is 19.5 Å². The van der Waals surface area contributed by atoms with E-state index in [1.165, 1.54) is 5.69 Å². The van der Waals surface area contributed by atoms with E-state index in [9.17, 15) is 9.90 Å². The molecule has 0 fully saturated rings. The van der Waals surface area contributed by atoms with Crippen LogP contribution in [0.15, 0.2) is 30.9 Å².